The number of halogens is 1. The van der Waals surface area contributed by atoms with E-state index in [9.17, 15) is 18.2 Å². The molecule has 0 radical (unpaired) electrons. The maximum Gasteiger partial charge on any atom is 0.339 e. The zero-order valence-corrected chi connectivity index (χ0v) is 16.1. The molecule has 1 atom stereocenters. The highest BCUT2D eigenvalue weighted by atomic mass is 32.2. The SMILES string of the molecule is CCN(Cc1cccc(F)c1)C(=O)COC(=O)c1ccccc1S(=O)CC. The molecule has 1 amide bonds. The minimum atomic E-state index is -1.31. The van der Waals surface area contributed by atoms with Crippen molar-refractivity contribution in [3.05, 3.63) is 65.5 Å². The summed E-state index contributed by atoms with van der Waals surface area (Å²) in [5, 5.41) is 0. The predicted molar refractivity (Wildman–Crippen MR) is 101 cm³/mol. The molecule has 0 heterocycles. The molecule has 0 saturated heterocycles. The van der Waals surface area contributed by atoms with Gasteiger partial charge >= 0.3 is 5.97 Å². The molecule has 5 nitrogen and oxygen atoms in total. The normalized spacial score (nSPS) is 11.7. The number of carbonyl (C=O) groups excluding carboxylic acids is 2. The summed E-state index contributed by atoms with van der Waals surface area (Å²) in [6.45, 7) is 3.73. The first-order chi connectivity index (χ1) is 13.0. The van der Waals surface area contributed by atoms with Crippen molar-refractivity contribution >= 4 is 22.7 Å². The van der Waals surface area contributed by atoms with Gasteiger partial charge in [0.1, 0.15) is 5.82 Å². The second-order valence-electron chi connectivity index (χ2n) is 5.74. The minimum absolute atomic E-state index is 0.193. The van der Waals surface area contributed by atoms with Gasteiger partial charge in [-0.05, 0) is 36.8 Å². The summed E-state index contributed by atoms with van der Waals surface area (Å²) in [5.74, 6) is -1.07. The molecule has 0 spiro atoms. The van der Waals surface area contributed by atoms with Gasteiger partial charge in [-0.3, -0.25) is 9.00 Å². The van der Waals surface area contributed by atoms with E-state index in [0.717, 1.165) is 0 Å². The fraction of sp³-hybridized carbons (Fsp3) is 0.300. The molecule has 0 bridgehead atoms. The summed E-state index contributed by atoms with van der Waals surface area (Å²) in [6.07, 6.45) is 0. The van der Waals surface area contributed by atoms with Crippen molar-refractivity contribution in [2.45, 2.75) is 25.3 Å². The van der Waals surface area contributed by atoms with Crippen molar-refractivity contribution in [2.24, 2.45) is 0 Å². The van der Waals surface area contributed by atoms with Crippen LogP contribution in [-0.2, 0) is 26.9 Å². The number of nitrogens with zero attached hydrogens (tertiary/aromatic N) is 1. The lowest BCUT2D eigenvalue weighted by atomic mass is 10.2. The van der Waals surface area contributed by atoms with Crippen LogP contribution in [-0.4, -0.2) is 39.9 Å². The molecule has 0 N–H and O–H groups in total. The molecule has 27 heavy (non-hydrogen) atoms. The molecule has 2 rings (SSSR count). The smallest absolute Gasteiger partial charge is 0.339 e. The summed E-state index contributed by atoms with van der Waals surface area (Å²) >= 11 is 0. The van der Waals surface area contributed by atoms with Gasteiger partial charge in [-0.25, -0.2) is 9.18 Å². The number of hydrogen-bond acceptors (Lipinski definition) is 4. The Bertz CT molecular complexity index is 840. The zero-order valence-electron chi connectivity index (χ0n) is 15.3. The molecule has 0 saturated carbocycles. The van der Waals surface area contributed by atoms with Crippen LogP contribution in [0.1, 0.15) is 29.8 Å². The van der Waals surface area contributed by atoms with E-state index in [1.165, 1.54) is 23.1 Å². The van der Waals surface area contributed by atoms with E-state index in [1.54, 1.807) is 44.2 Å². The number of rotatable bonds is 8. The molecule has 0 aliphatic heterocycles. The van der Waals surface area contributed by atoms with Crippen LogP contribution >= 0.6 is 0 Å². The van der Waals surface area contributed by atoms with Crippen molar-refractivity contribution < 1.29 is 22.9 Å². The van der Waals surface area contributed by atoms with Gasteiger partial charge in [0.2, 0.25) is 0 Å². The van der Waals surface area contributed by atoms with Crippen molar-refractivity contribution in [3.63, 3.8) is 0 Å². The van der Waals surface area contributed by atoms with E-state index in [1.807, 2.05) is 0 Å². The molecular formula is C20H22FNO4S. The van der Waals surface area contributed by atoms with Crippen molar-refractivity contribution in [3.8, 4) is 0 Å². The summed E-state index contributed by atoms with van der Waals surface area (Å²) in [6, 6.07) is 12.5. The average Bonchev–Trinajstić information content (AvgIpc) is 2.69. The van der Waals surface area contributed by atoms with Crippen LogP contribution in [0.25, 0.3) is 0 Å². The van der Waals surface area contributed by atoms with Crippen LogP contribution in [0.2, 0.25) is 0 Å². The number of hydrogen-bond donors (Lipinski definition) is 0. The number of benzene rings is 2. The Morgan fingerprint density at radius 3 is 2.52 bits per heavy atom. The maximum atomic E-state index is 13.3. The summed E-state index contributed by atoms with van der Waals surface area (Å²) in [5.41, 5.74) is 0.846. The van der Waals surface area contributed by atoms with Crippen LogP contribution in [0.5, 0.6) is 0 Å². The maximum absolute atomic E-state index is 13.3. The molecule has 2 aromatic carbocycles. The highest BCUT2D eigenvalue weighted by Crippen LogP contribution is 2.15. The van der Waals surface area contributed by atoms with Crippen LogP contribution in [0.15, 0.2) is 53.4 Å². The fourth-order valence-electron chi connectivity index (χ4n) is 2.52. The molecule has 144 valence electrons. The Kier molecular flexibility index (Phi) is 7.67. The number of esters is 1. The van der Waals surface area contributed by atoms with Gasteiger partial charge < -0.3 is 9.64 Å². The van der Waals surface area contributed by atoms with Crippen molar-refractivity contribution in [2.75, 3.05) is 18.9 Å². The summed E-state index contributed by atoms with van der Waals surface area (Å²) < 4.78 is 30.5. The van der Waals surface area contributed by atoms with Gasteiger partial charge in [0.15, 0.2) is 6.61 Å². The zero-order chi connectivity index (χ0) is 19.8. The Morgan fingerprint density at radius 2 is 1.85 bits per heavy atom. The van der Waals surface area contributed by atoms with Gasteiger partial charge in [0.05, 0.1) is 21.3 Å². The molecule has 0 aromatic heterocycles. The van der Waals surface area contributed by atoms with Gasteiger partial charge in [0, 0.05) is 18.8 Å². The monoisotopic (exact) mass is 391 g/mol. The highest BCUT2D eigenvalue weighted by molar-refractivity contribution is 7.85. The van der Waals surface area contributed by atoms with E-state index in [4.69, 9.17) is 4.74 Å². The number of amides is 1. The first kappa shape index (κ1) is 20.8. The first-order valence-electron chi connectivity index (χ1n) is 8.63. The van der Waals surface area contributed by atoms with E-state index >= 15 is 0 Å². The Balaban J connectivity index is 2.01. The third kappa shape index (κ3) is 5.72. The van der Waals surface area contributed by atoms with Crippen molar-refractivity contribution in [1.82, 2.24) is 4.90 Å². The minimum Gasteiger partial charge on any atom is -0.452 e. The number of carbonyl (C=O) groups is 2. The third-order valence-corrected chi connectivity index (χ3v) is 5.31. The highest BCUT2D eigenvalue weighted by Gasteiger charge is 2.19. The third-order valence-electron chi connectivity index (χ3n) is 3.94. The van der Waals surface area contributed by atoms with Crippen LogP contribution < -0.4 is 0 Å². The van der Waals surface area contributed by atoms with Crippen LogP contribution in [0.4, 0.5) is 4.39 Å². The number of ether oxygens (including phenoxy) is 1. The van der Waals surface area contributed by atoms with E-state index < -0.39 is 23.4 Å². The Labute approximate surface area is 160 Å². The van der Waals surface area contributed by atoms with Crippen LogP contribution in [0.3, 0.4) is 0 Å². The van der Waals surface area contributed by atoms with E-state index in [0.29, 0.717) is 22.8 Å². The molecule has 0 aliphatic carbocycles. The van der Waals surface area contributed by atoms with Crippen molar-refractivity contribution in [1.29, 1.82) is 0 Å². The van der Waals surface area contributed by atoms with Gasteiger partial charge in [-0.15, -0.1) is 0 Å². The van der Waals surface area contributed by atoms with Gasteiger partial charge in [0.25, 0.3) is 5.91 Å². The topological polar surface area (TPSA) is 63.7 Å². The molecule has 0 aliphatic rings. The molecule has 2 aromatic rings. The molecular weight excluding hydrogens is 369 g/mol. The quantitative estimate of drug-likeness (QED) is 0.649. The second kappa shape index (κ2) is 9.97. The lowest BCUT2D eigenvalue weighted by Crippen LogP contribution is -2.34. The second-order valence-corrected chi connectivity index (χ2v) is 7.45. The van der Waals surface area contributed by atoms with Crippen LogP contribution in [0, 0.1) is 5.82 Å². The van der Waals surface area contributed by atoms with Gasteiger partial charge in [-0.2, -0.15) is 0 Å². The largest absolute Gasteiger partial charge is 0.452 e. The first-order valence-corrected chi connectivity index (χ1v) is 9.94. The predicted octanol–water partition coefficient (Wildman–Crippen LogP) is 3.16. The number of likely N-dealkylation sites (N-methyl/N-ethyl adjacent to an activating group) is 1. The Morgan fingerprint density at radius 1 is 1.11 bits per heavy atom. The lowest BCUT2D eigenvalue weighted by Gasteiger charge is -2.21. The summed E-state index contributed by atoms with van der Waals surface area (Å²) in [4.78, 5) is 26.6. The molecule has 7 heteroatoms. The van der Waals surface area contributed by atoms with E-state index in [-0.39, 0.29) is 23.8 Å². The molecule has 0 fully saturated rings. The molecule has 1 unspecified atom stereocenters. The van der Waals surface area contributed by atoms with E-state index in [2.05, 4.69) is 0 Å². The standard InChI is InChI=1S/C20H22FNO4S/c1-3-22(13-15-8-7-9-16(21)12-15)19(23)14-26-20(24)17-10-5-6-11-18(17)27(25)4-2/h5-12H,3-4,13-14H2,1-2H3. The summed E-state index contributed by atoms with van der Waals surface area (Å²) in [7, 11) is -1.31. The average molecular weight is 391 g/mol. The van der Waals surface area contributed by atoms with Gasteiger partial charge in [-0.1, -0.05) is 31.2 Å². The lowest BCUT2D eigenvalue weighted by molar-refractivity contribution is -0.134. The Hall–Kier alpha value is -2.54. The fourth-order valence-corrected chi connectivity index (χ4v) is 3.46.